The molecule has 0 unspecified atom stereocenters. The number of carbonyl (C=O) groups is 2. The first-order valence-electron chi connectivity index (χ1n) is 4.56. The molecule has 0 saturated carbocycles. The highest BCUT2D eigenvalue weighted by Gasteiger charge is 2.07. The first-order chi connectivity index (χ1) is 6.61. The molecule has 0 aliphatic carbocycles. The van der Waals surface area contributed by atoms with Crippen molar-refractivity contribution >= 4 is 12.1 Å². The zero-order valence-corrected chi connectivity index (χ0v) is 8.58. The van der Waals surface area contributed by atoms with Gasteiger partial charge in [0.15, 0.2) is 0 Å². The summed E-state index contributed by atoms with van der Waals surface area (Å²) in [6.45, 7) is 5.46. The molecule has 3 N–H and O–H groups in total. The van der Waals surface area contributed by atoms with Crippen LogP contribution in [0.5, 0.6) is 0 Å². The van der Waals surface area contributed by atoms with Gasteiger partial charge in [-0.15, -0.1) is 0 Å². The van der Waals surface area contributed by atoms with E-state index in [1.54, 1.807) is 4.90 Å². The Labute approximate surface area is 83.4 Å². The zero-order chi connectivity index (χ0) is 11.0. The summed E-state index contributed by atoms with van der Waals surface area (Å²) in [7, 11) is 0. The van der Waals surface area contributed by atoms with Crippen LogP contribution < -0.4 is 11.1 Å². The Morgan fingerprint density at radius 2 is 1.93 bits per heavy atom. The van der Waals surface area contributed by atoms with Crippen LogP contribution in [0.25, 0.3) is 0 Å². The van der Waals surface area contributed by atoms with Crippen molar-refractivity contribution in [3.05, 3.63) is 0 Å². The summed E-state index contributed by atoms with van der Waals surface area (Å²) in [5, 5.41) is 2.59. The van der Waals surface area contributed by atoms with E-state index in [-0.39, 0.29) is 19.2 Å². The molecule has 0 atom stereocenters. The van der Waals surface area contributed by atoms with Crippen molar-refractivity contribution in [1.29, 1.82) is 0 Å². The Morgan fingerprint density at radius 3 is 2.36 bits per heavy atom. The topological polar surface area (TPSA) is 84.7 Å². The second-order valence-corrected chi connectivity index (χ2v) is 2.57. The number of urea groups is 1. The number of hydrogen-bond donors (Lipinski definition) is 2. The molecule has 0 aromatic heterocycles. The highest BCUT2D eigenvalue weighted by Crippen LogP contribution is 1.87. The molecule has 0 aliphatic rings. The van der Waals surface area contributed by atoms with Gasteiger partial charge >= 0.3 is 12.1 Å². The third-order valence-corrected chi connectivity index (χ3v) is 1.67. The average Bonchev–Trinajstić information content (AvgIpc) is 2.14. The van der Waals surface area contributed by atoms with Gasteiger partial charge in [0.05, 0.1) is 6.54 Å². The monoisotopic (exact) mass is 203 g/mol. The van der Waals surface area contributed by atoms with E-state index in [1.807, 2.05) is 13.8 Å². The molecular formula is C8H17N3O3. The minimum absolute atomic E-state index is 0.0995. The van der Waals surface area contributed by atoms with Crippen LogP contribution in [0.1, 0.15) is 13.8 Å². The smallest absolute Gasteiger partial charge is 0.404 e. The van der Waals surface area contributed by atoms with Crippen molar-refractivity contribution in [2.75, 3.05) is 26.2 Å². The zero-order valence-electron chi connectivity index (χ0n) is 8.58. The number of hydrogen-bond acceptors (Lipinski definition) is 3. The Hall–Kier alpha value is -1.46. The van der Waals surface area contributed by atoms with Crippen molar-refractivity contribution in [1.82, 2.24) is 10.2 Å². The van der Waals surface area contributed by atoms with E-state index < -0.39 is 6.09 Å². The van der Waals surface area contributed by atoms with Crippen LogP contribution in [0, 0.1) is 0 Å². The molecule has 6 nitrogen and oxygen atoms in total. The lowest BCUT2D eigenvalue weighted by molar-refractivity contribution is 0.155. The molecule has 0 spiro atoms. The quantitative estimate of drug-likeness (QED) is 0.623. The molecule has 0 aliphatic heterocycles. The number of ether oxygens (including phenoxy) is 1. The normalized spacial score (nSPS) is 9.29. The van der Waals surface area contributed by atoms with Crippen molar-refractivity contribution < 1.29 is 14.3 Å². The molecule has 0 saturated heterocycles. The van der Waals surface area contributed by atoms with Gasteiger partial charge in [-0.3, -0.25) is 0 Å². The summed E-state index contributed by atoms with van der Waals surface area (Å²) >= 11 is 0. The summed E-state index contributed by atoms with van der Waals surface area (Å²) in [5.74, 6) is 0. The van der Waals surface area contributed by atoms with Gasteiger partial charge in [0.1, 0.15) is 6.61 Å². The summed E-state index contributed by atoms with van der Waals surface area (Å²) in [4.78, 5) is 23.1. The van der Waals surface area contributed by atoms with Gasteiger partial charge in [-0.25, -0.2) is 9.59 Å². The molecule has 0 aromatic rings. The second-order valence-electron chi connectivity index (χ2n) is 2.57. The third-order valence-electron chi connectivity index (χ3n) is 1.67. The Kier molecular flexibility index (Phi) is 6.26. The maximum atomic E-state index is 11.3. The third kappa shape index (κ3) is 5.23. The molecule has 82 valence electrons. The molecule has 0 rings (SSSR count). The van der Waals surface area contributed by atoms with Gasteiger partial charge in [0.25, 0.3) is 0 Å². The first-order valence-corrected chi connectivity index (χ1v) is 4.56. The molecule has 0 radical (unpaired) electrons. The van der Waals surface area contributed by atoms with E-state index in [4.69, 9.17) is 5.73 Å². The van der Waals surface area contributed by atoms with E-state index in [0.717, 1.165) is 0 Å². The van der Waals surface area contributed by atoms with E-state index in [1.165, 1.54) is 0 Å². The standard InChI is InChI=1S/C8H17N3O3/c1-3-11(4-2)8(13)10-5-6-14-7(9)12/h3-6H2,1-2H3,(H2,9,12)(H,10,13). The molecule has 0 heterocycles. The Morgan fingerprint density at radius 1 is 1.36 bits per heavy atom. The van der Waals surface area contributed by atoms with Crippen LogP contribution in [0.15, 0.2) is 0 Å². The molecule has 0 aromatic carbocycles. The van der Waals surface area contributed by atoms with Gasteiger partial charge in [-0.2, -0.15) is 0 Å². The minimum atomic E-state index is -0.831. The Balaban J connectivity index is 3.57. The fraction of sp³-hybridized carbons (Fsp3) is 0.750. The number of carbonyl (C=O) groups excluding carboxylic acids is 2. The fourth-order valence-electron chi connectivity index (χ4n) is 0.932. The summed E-state index contributed by atoms with van der Waals surface area (Å²) in [5.41, 5.74) is 4.74. The SMILES string of the molecule is CCN(CC)C(=O)NCCOC(N)=O. The summed E-state index contributed by atoms with van der Waals surface area (Å²) < 4.78 is 4.44. The maximum absolute atomic E-state index is 11.3. The van der Waals surface area contributed by atoms with Gasteiger partial charge in [-0.05, 0) is 13.8 Å². The van der Waals surface area contributed by atoms with Crippen molar-refractivity contribution in [2.45, 2.75) is 13.8 Å². The van der Waals surface area contributed by atoms with E-state index in [9.17, 15) is 9.59 Å². The van der Waals surface area contributed by atoms with E-state index in [2.05, 4.69) is 10.1 Å². The van der Waals surface area contributed by atoms with Gasteiger partial charge in [-0.1, -0.05) is 0 Å². The number of amides is 3. The number of rotatable bonds is 5. The van der Waals surface area contributed by atoms with Crippen molar-refractivity contribution in [2.24, 2.45) is 5.73 Å². The predicted molar refractivity (Wildman–Crippen MR) is 51.9 cm³/mol. The average molecular weight is 203 g/mol. The lowest BCUT2D eigenvalue weighted by Gasteiger charge is -2.18. The summed E-state index contributed by atoms with van der Waals surface area (Å²) in [6.07, 6.45) is -0.831. The second kappa shape index (κ2) is 6.99. The first kappa shape index (κ1) is 12.5. The fourth-order valence-corrected chi connectivity index (χ4v) is 0.932. The highest BCUT2D eigenvalue weighted by atomic mass is 16.5. The lowest BCUT2D eigenvalue weighted by Crippen LogP contribution is -2.41. The maximum Gasteiger partial charge on any atom is 0.404 e. The van der Waals surface area contributed by atoms with Crippen molar-refractivity contribution in [3.63, 3.8) is 0 Å². The number of primary amides is 1. The minimum Gasteiger partial charge on any atom is -0.448 e. The number of nitrogens with one attached hydrogen (secondary N) is 1. The van der Waals surface area contributed by atoms with Crippen molar-refractivity contribution in [3.8, 4) is 0 Å². The van der Waals surface area contributed by atoms with E-state index in [0.29, 0.717) is 13.1 Å². The molecule has 0 fully saturated rings. The molecule has 3 amide bonds. The van der Waals surface area contributed by atoms with E-state index >= 15 is 0 Å². The predicted octanol–water partition coefficient (Wildman–Crippen LogP) is 0.133. The van der Waals surface area contributed by atoms with Crippen LogP contribution >= 0.6 is 0 Å². The van der Waals surface area contributed by atoms with Crippen LogP contribution in [-0.4, -0.2) is 43.3 Å². The van der Waals surface area contributed by atoms with Gasteiger partial charge in [0, 0.05) is 13.1 Å². The van der Waals surface area contributed by atoms with Gasteiger partial charge < -0.3 is 20.7 Å². The van der Waals surface area contributed by atoms with Crippen LogP contribution in [0.3, 0.4) is 0 Å². The molecule has 0 bridgehead atoms. The molecular weight excluding hydrogens is 186 g/mol. The lowest BCUT2D eigenvalue weighted by atomic mass is 10.5. The van der Waals surface area contributed by atoms with Crippen LogP contribution in [0.4, 0.5) is 9.59 Å². The molecule has 14 heavy (non-hydrogen) atoms. The summed E-state index contributed by atoms with van der Waals surface area (Å²) in [6, 6.07) is -0.164. The van der Waals surface area contributed by atoms with Crippen LogP contribution in [-0.2, 0) is 4.74 Å². The number of nitrogens with two attached hydrogens (primary N) is 1. The Bertz CT molecular complexity index is 192. The highest BCUT2D eigenvalue weighted by molar-refractivity contribution is 5.74. The van der Waals surface area contributed by atoms with Crippen LogP contribution in [0.2, 0.25) is 0 Å². The number of nitrogens with zero attached hydrogens (tertiary/aromatic N) is 1. The molecule has 6 heteroatoms. The largest absolute Gasteiger partial charge is 0.448 e. The van der Waals surface area contributed by atoms with Gasteiger partial charge in [0.2, 0.25) is 0 Å².